The molecule has 28 heavy (non-hydrogen) atoms. The van der Waals surface area contributed by atoms with Gasteiger partial charge in [-0.25, -0.2) is 8.78 Å². The lowest BCUT2D eigenvalue weighted by Crippen LogP contribution is -2.13. The molecule has 1 fully saturated rings. The Hall–Kier alpha value is -1.70. The molecule has 0 heterocycles. The van der Waals surface area contributed by atoms with Crippen molar-refractivity contribution in [3.63, 3.8) is 0 Å². The van der Waals surface area contributed by atoms with Gasteiger partial charge in [0.2, 0.25) is 0 Å². The summed E-state index contributed by atoms with van der Waals surface area (Å²) in [7, 11) is 0. The molecule has 1 saturated carbocycles. The first-order valence-electron chi connectivity index (χ1n) is 11.1. The summed E-state index contributed by atoms with van der Waals surface area (Å²) < 4.78 is 26.6. The van der Waals surface area contributed by atoms with E-state index in [0.29, 0.717) is 5.92 Å². The average Bonchev–Trinajstić information content (AvgIpc) is 2.71. The van der Waals surface area contributed by atoms with Crippen molar-refractivity contribution in [2.24, 2.45) is 5.92 Å². The summed E-state index contributed by atoms with van der Waals surface area (Å²) in [4.78, 5) is 0. The molecule has 152 valence electrons. The predicted octanol–water partition coefficient (Wildman–Crippen LogP) is 8.17. The van der Waals surface area contributed by atoms with Crippen LogP contribution in [-0.4, -0.2) is 0 Å². The molecule has 0 spiro atoms. The molecule has 0 nitrogen and oxygen atoms in total. The van der Waals surface area contributed by atoms with Crippen molar-refractivity contribution in [3.05, 3.63) is 70.8 Å². The minimum absolute atomic E-state index is 0.166. The molecule has 0 saturated heterocycles. The Balaban J connectivity index is 1.51. The zero-order valence-corrected chi connectivity index (χ0v) is 17.4. The highest BCUT2D eigenvalue weighted by Gasteiger charge is 2.22. The SMILES string of the molecule is CCCCCC1CCC(c2ccc(C[C@@H](C)c3ccc(F)c(F)c3)cc2)CC1. The van der Waals surface area contributed by atoms with Gasteiger partial charge >= 0.3 is 0 Å². The third-order valence-electron chi connectivity index (χ3n) is 6.57. The van der Waals surface area contributed by atoms with Crippen LogP contribution in [0.5, 0.6) is 0 Å². The Bertz CT molecular complexity index is 727. The quantitative estimate of drug-likeness (QED) is 0.403. The number of halogens is 2. The topological polar surface area (TPSA) is 0 Å². The van der Waals surface area contributed by atoms with Gasteiger partial charge in [-0.15, -0.1) is 0 Å². The van der Waals surface area contributed by atoms with Gasteiger partial charge in [-0.05, 0) is 78.7 Å². The van der Waals surface area contributed by atoms with E-state index in [0.717, 1.165) is 17.9 Å². The van der Waals surface area contributed by atoms with Crippen LogP contribution >= 0.6 is 0 Å². The fraction of sp³-hybridized carbons (Fsp3) is 0.538. The number of hydrogen-bond donors (Lipinski definition) is 0. The molecule has 3 rings (SSSR count). The third-order valence-corrected chi connectivity index (χ3v) is 6.57. The standard InChI is InChI=1S/C26H34F2/c1-3-4-5-6-20-7-11-22(12-8-20)23-13-9-21(10-14-23)17-19(2)24-15-16-25(27)26(28)18-24/h9-10,13-16,18-20,22H,3-8,11-12,17H2,1-2H3/t19-,20?,22?/m1/s1. The third kappa shape index (κ3) is 5.65. The van der Waals surface area contributed by atoms with E-state index >= 15 is 0 Å². The molecule has 1 aliphatic carbocycles. The van der Waals surface area contributed by atoms with Crippen LogP contribution in [0, 0.1) is 17.6 Å². The summed E-state index contributed by atoms with van der Waals surface area (Å²) >= 11 is 0. The van der Waals surface area contributed by atoms with Gasteiger partial charge in [0.1, 0.15) is 0 Å². The summed E-state index contributed by atoms with van der Waals surface area (Å²) in [5.41, 5.74) is 3.58. The first-order chi connectivity index (χ1) is 13.6. The zero-order valence-electron chi connectivity index (χ0n) is 17.4. The van der Waals surface area contributed by atoms with Crippen LogP contribution in [0.1, 0.15) is 93.7 Å². The maximum atomic E-state index is 13.5. The van der Waals surface area contributed by atoms with Gasteiger partial charge in [0.05, 0.1) is 0 Å². The minimum atomic E-state index is -0.777. The van der Waals surface area contributed by atoms with Gasteiger partial charge in [-0.3, -0.25) is 0 Å². The smallest absolute Gasteiger partial charge is 0.159 e. The van der Waals surface area contributed by atoms with Crippen LogP contribution in [0.25, 0.3) is 0 Å². The monoisotopic (exact) mass is 384 g/mol. The van der Waals surface area contributed by atoms with E-state index in [1.54, 1.807) is 6.07 Å². The highest BCUT2D eigenvalue weighted by molar-refractivity contribution is 5.29. The highest BCUT2D eigenvalue weighted by atomic mass is 19.2. The van der Waals surface area contributed by atoms with Gasteiger partial charge < -0.3 is 0 Å². The lowest BCUT2D eigenvalue weighted by Gasteiger charge is -2.29. The van der Waals surface area contributed by atoms with Crippen LogP contribution < -0.4 is 0 Å². The van der Waals surface area contributed by atoms with Crippen molar-refractivity contribution in [1.29, 1.82) is 0 Å². The maximum absolute atomic E-state index is 13.5. The molecular formula is C26H34F2. The fourth-order valence-corrected chi connectivity index (χ4v) is 4.68. The van der Waals surface area contributed by atoms with E-state index in [1.807, 2.05) is 0 Å². The summed E-state index contributed by atoms with van der Waals surface area (Å²) in [6, 6.07) is 13.3. The number of rotatable bonds is 8. The normalized spacial score (nSPS) is 20.9. The number of benzene rings is 2. The Morgan fingerprint density at radius 2 is 1.61 bits per heavy atom. The van der Waals surface area contributed by atoms with E-state index in [4.69, 9.17) is 0 Å². The van der Waals surface area contributed by atoms with Crippen molar-refractivity contribution in [3.8, 4) is 0 Å². The number of hydrogen-bond acceptors (Lipinski definition) is 0. The molecule has 0 radical (unpaired) electrons. The van der Waals surface area contributed by atoms with Crippen LogP contribution in [0.15, 0.2) is 42.5 Å². The van der Waals surface area contributed by atoms with Crippen LogP contribution in [0.4, 0.5) is 8.78 Å². The van der Waals surface area contributed by atoms with E-state index in [9.17, 15) is 8.78 Å². The summed E-state index contributed by atoms with van der Waals surface area (Å²) in [6.07, 6.45) is 11.8. The van der Waals surface area contributed by atoms with E-state index < -0.39 is 11.6 Å². The van der Waals surface area contributed by atoms with Gasteiger partial charge in [-0.2, -0.15) is 0 Å². The van der Waals surface area contributed by atoms with Crippen LogP contribution in [0.3, 0.4) is 0 Å². The lowest BCUT2D eigenvalue weighted by molar-refractivity contribution is 0.303. The van der Waals surface area contributed by atoms with Crippen molar-refractivity contribution in [1.82, 2.24) is 0 Å². The van der Waals surface area contributed by atoms with Gasteiger partial charge in [-0.1, -0.05) is 69.9 Å². The molecule has 2 heteroatoms. The van der Waals surface area contributed by atoms with E-state index in [-0.39, 0.29) is 5.92 Å². The first kappa shape index (κ1) is 21.0. The second kappa shape index (κ2) is 10.2. The van der Waals surface area contributed by atoms with Crippen molar-refractivity contribution in [2.45, 2.75) is 83.5 Å². The second-order valence-corrected chi connectivity index (χ2v) is 8.73. The Morgan fingerprint density at radius 3 is 2.25 bits per heavy atom. The largest absolute Gasteiger partial charge is 0.204 e. The van der Waals surface area contributed by atoms with Crippen molar-refractivity contribution < 1.29 is 8.78 Å². The average molecular weight is 385 g/mol. The molecule has 0 aromatic heterocycles. The van der Waals surface area contributed by atoms with Crippen LogP contribution in [-0.2, 0) is 6.42 Å². The maximum Gasteiger partial charge on any atom is 0.159 e. The second-order valence-electron chi connectivity index (χ2n) is 8.73. The molecule has 0 amide bonds. The molecule has 2 aromatic rings. The van der Waals surface area contributed by atoms with Crippen LogP contribution in [0.2, 0.25) is 0 Å². The molecule has 0 aliphatic heterocycles. The minimum Gasteiger partial charge on any atom is -0.204 e. The van der Waals surface area contributed by atoms with Crippen molar-refractivity contribution >= 4 is 0 Å². The molecule has 0 unspecified atom stereocenters. The lowest BCUT2D eigenvalue weighted by atomic mass is 9.77. The molecule has 1 aliphatic rings. The van der Waals surface area contributed by atoms with Gasteiger partial charge in [0.25, 0.3) is 0 Å². The highest BCUT2D eigenvalue weighted by Crippen LogP contribution is 2.38. The number of unbranched alkanes of at least 4 members (excludes halogenated alkanes) is 2. The van der Waals surface area contributed by atoms with Gasteiger partial charge in [0, 0.05) is 0 Å². The van der Waals surface area contributed by atoms with E-state index in [1.165, 1.54) is 74.6 Å². The summed E-state index contributed by atoms with van der Waals surface area (Å²) in [5.74, 6) is 0.281. The van der Waals surface area contributed by atoms with Gasteiger partial charge in [0.15, 0.2) is 11.6 Å². The predicted molar refractivity (Wildman–Crippen MR) is 114 cm³/mol. The first-order valence-corrected chi connectivity index (χ1v) is 11.1. The van der Waals surface area contributed by atoms with E-state index in [2.05, 4.69) is 38.1 Å². The molecule has 0 N–H and O–H groups in total. The molecular weight excluding hydrogens is 350 g/mol. The Kier molecular flexibility index (Phi) is 7.65. The van der Waals surface area contributed by atoms with Crippen molar-refractivity contribution in [2.75, 3.05) is 0 Å². The fourth-order valence-electron chi connectivity index (χ4n) is 4.68. The molecule has 1 atom stereocenters. The molecule has 2 aromatic carbocycles. The zero-order chi connectivity index (χ0) is 19.9. The Labute approximate surface area is 169 Å². The summed E-state index contributed by atoms with van der Waals surface area (Å²) in [5, 5.41) is 0. The summed E-state index contributed by atoms with van der Waals surface area (Å²) in [6.45, 7) is 4.35. The Morgan fingerprint density at radius 1 is 0.893 bits per heavy atom. The molecule has 0 bridgehead atoms.